The summed E-state index contributed by atoms with van der Waals surface area (Å²) in [6.45, 7) is 0.00516. The number of aliphatic hydroxyl groups excluding tert-OH is 1. The lowest BCUT2D eigenvalue weighted by Crippen LogP contribution is -2.27. The van der Waals surface area contributed by atoms with E-state index in [9.17, 15) is 5.11 Å². The van der Waals surface area contributed by atoms with E-state index in [0.29, 0.717) is 23.0 Å². The Morgan fingerprint density at radius 2 is 2.00 bits per heavy atom. The van der Waals surface area contributed by atoms with Crippen molar-refractivity contribution in [3.8, 4) is 0 Å². The van der Waals surface area contributed by atoms with E-state index in [1.54, 1.807) is 22.8 Å². The first-order chi connectivity index (χ1) is 10.2. The minimum Gasteiger partial charge on any atom is -0.394 e. The molecule has 0 bridgehead atoms. The number of nitrogens with zero attached hydrogens (tertiary/aromatic N) is 3. The predicted octanol–water partition coefficient (Wildman–Crippen LogP) is 2.40. The van der Waals surface area contributed by atoms with Gasteiger partial charge in [0.05, 0.1) is 17.7 Å². The van der Waals surface area contributed by atoms with Gasteiger partial charge in [-0.05, 0) is 24.1 Å². The molecule has 3 aromatic rings. The van der Waals surface area contributed by atoms with Gasteiger partial charge in [0.25, 0.3) is 0 Å². The third-order valence-electron chi connectivity index (χ3n) is 3.17. The number of rotatable bonds is 5. The largest absolute Gasteiger partial charge is 0.394 e. The van der Waals surface area contributed by atoms with Gasteiger partial charge in [0.15, 0.2) is 5.65 Å². The van der Waals surface area contributed by atoms with Gasteiger partial charge in [0.1, 0.15) is 0 Å². The first kappa shape index (κ1) is 13.9. The lowest BCUT2D eigenvalue weighted by atomic mass is 10.1. The van der Waals surface area contributed by atoms with Crippen LogP contribution >= 0.6 is 11.6 Å². The molecule has 1 atom stereocenters. The molecular formula is C15H15ClN4O. The molecule has 2 heterocycles. The number of halogens is 1. The average molecular weight is 303 g/mol. The van der Waals surface area contributed by atoms with Gasteiger partial charge in [-0.15, -0.1) is 5.10 Å². The van der Waals surface area contributed by atoms with Crippen LogP contribution in [0.15, 0.2) is 48.7 Å². The van der Waals surface area contributed by atoms with Gasteiger partial charge in [-0.2, -0.15) is 4.98 Å². The first-order valence-electron chi connectivity index (χ1n) is 6.68. The molecule has 2 N–H and O–H groups in total. The Hall–Kier alpha value is -2.11. The second-order valence-corrected chi connectivity index (χ2v) is 5.24. The summed E-state index contributed by atoms with van der Waals surface area (Å²) < 4.78 is 1.61. The molecule has 0 spiro atoms. The van der Waals surface area contributed by atoms with Crippen molar-refractivity contribution in [3.05, 3.63) is 59.2 Å². The summed E-state index contributed by atoms with van der Waals surface area (Å²) in [7, 11) is 0. The normalized spacial score (nSPS) is 12.5. The predicted molar refractivity (Wildman–Crippen MR) is 82.6 cm³/mol. The molecule has 0 fully saturated rings. The molecule has 0 radical (unpaired) electrons. The minimum absolute atomic E-state index is 0.00516. The molecule has 0 aliphatic carbocycles. The van der Waals surface area contributed by atoms with Gasteiger partial charge in [-0.1, -0.05) is 41.9 Å². The fraction of sp³-hybridized carbons (Fsp3) is 0.200. The van der Waals surface area contributed by atoms with E-state index < -0.39 is 0 Å². The number of hydrogen-bond donors (Lipinski definition) is 2. The van der Waals surface area contributed by atoms with Crippen molar-refractivity contribution in [3.63, 3.8) is 0 Å². The highest BCUT2D eigenvalue weighted by Gasteiger charge is 2.11. The molecule has 0 saturated heterocycles. The quantitative estimate of drug-likeness (QED) is 0.760. The van der Waals surface area contributed by atoms with Gasteiger partial charge in [0.2, 0.25) is 5.95 Å². The van der Waals surface area contributed by atoms with E-state index in [1.165, 1.54) is 0 Å². The molecule has 21 heavy (non-hydrogen) atoms. The van der Waals surface area contributed by atoms with Crippen LogP contribution in [0.3, 0.4) is 0 Å². The SMILES string of the molecule is OCC(Cc1ccccc1)Nc1nc2ccc(Cl)cn2n1. The van der Waals surface area contributed by atoms with Crippen LogP contribution in [0.25, 0.3) is 5.65 Å². The zero-order chi connectivity index (χ0) is 14.7. The van der Waals surface area contributed by atoms with Gasteiger partial charge < -0.3 is 10.4 Å². The molecule has 5 nitrogen and oxygen atoms in total. The molecule has 1 unspecified atom stereocenters. The molecule has 108 valence electrons. The molecular weight excluding hydrogens is 288 g/mol. The maximum Gasteiger partial charge on any atom is 0.243 e. The average Bonchev–Trinajstić information content (AvgIpc) is 2.89. The summed E-state index contributed by atoms with van der Waals surface area (Å²) in [5.41, 5.74) is 1.86. The maximum absolute atomic E-state index is 9.52. The van der Waals surface area contributed by atoms with Crippen molar-refractivity contribution in [2.75, 3.05) is 11.9 Å². The van der Waals surface area contributed by atoms with Gasteiger partial charge in [-0.3, -0.25) is 0 Å². The van der Waals surface area contributed by atoms with Crippen LogP contribution < -0.4 is 5.32 Å². The molecule has 0 aliphatic heterocycles. The van der Waals surface area contributed by atoms with E-state index in [4.69, 9.17) is 11.6 Å². The van der Waals surface area contributed by atoms with Crippen molar-refractivity contribution in [1.29, 1.82) is 0 Å². The first-order valence-corrected chi connectivity index (χ1v) is 7.05. The summed E-state index contributed by atoms with van der Waals surface area (Å²) >= 11 is 5.92. The number of anilines is 1. The van der Waals surface area contributed by atoms with Gasteiger partial charge in [0, 0.05) is 6.20 Å². The summed E-state index contributed by atoms with van der Waals surface area (Å²) in [5, 5.41) is 17.6. The van der Waals surface area contributed by atoms with Crippen LogP contribution in [0.5, 0.6) is 0 Å². The standard InChI is InChI=1S/C15H15ClN4O/c16-12-6-7-14-18-15(19-20(14)9-12)17-13(10-21)8-11-4-2-1-3-5-11/h1-7,9,13,21H,8,10H2,(H,17,19). The number of hydrogen-bond acceptors (Lipinski definition) is 4. The lowest BCUT2D eigenvalue weighted by molar-refractivity contribution is 0.273. The Labute approximate surface area is 127 Å². The summed E-state index contributed by atoms with van der Waals surface area (Å²) in [4.78, 5) is 4.35. The van der Waals surface area contributed by atoms with E-state index in [-0.39, 0.29) is 12.6 Å². The zero-order valence-corrected chi connectivity index (χ0v) is 12.0. The van der Waals surface area contributed by atoms with Crippen molar-refractivity contribution in [1.82, 2.24) is 14.6 Å². The molecule has 6 heteroatoms. The van der Waals surface area contributed by atoms with Crippen LogP contribution in [0, 0.1) is 0 Å². The summed E-state index contributed by atoms with van der Waals surface area (Å²) in [6, 6.07) is 13.4. The number of pyridine rings is 1. The highest BCUT2D eigenvalue weighted by Crippen LogP contribution is 2.13. The third kappa shape index (κ3) is 3.32. The fourth-order valence-electron chi connectivity index (χ4n) is 2.16. The van der Waals surface area contributed by atoms with E-state index in [1.807, 2.05) is 30.3 Å². The Morgan fingerprint density at radius 1 is 1.19 bits per heavy atom. The smallest absolute Gasteiger partial charge is 0.243 e. The molecule has 0 amide bonds. The molecule has 3 rings (SSSR count). The monoisotopic (exact) mass is 302 g/mol. The third-order valence-corrected chi connectivity index (χ3v) is 3.40. The fourth-order valence-corrected chi connectivity index (χ4v) is 2.32. The molecule has 0 aliphatic rings. The Kier molecular flexibility index (Phi) is 4.03. The number of benzene rings is 1. The van der Waals surface area contributed by atoms with Crippen LogP contribution in [0.2, 0.25) is 5.02 Å². The maximum atomic E-state index is 9.52. The molecule has 0 saturated carbocycles. The highest BCUT2D eigenvalue weighted by molar-refractivity contribution is 6.30. The second kappa shape index (κ2) is 6.11. The zero-order valence-electron chi connectivity index (χ0n) is 11.3. The van der Waals surface area contributed by atoms with E-state index in [0.717, 1.165) is 5.56 Å². The van der Waals surface area contributed by atoms with Crippen LogP contribution in [-0.2, 0) is 6.42 Å². The Morgan fingerprint density at radius 3 is 2.76 bits per heavy atom. The minimum atomic E-state index is -0.139. The molecule has 1 aromatic carbocycles. The topological polar surface area (TPSA) is 62.5 Å². The van der Waals surface area contributed by atoms with Crippen LogP contribution in [-0.4, -0.2) is 32.4 Å². The van der Waals surface area contributed by atoms with E-state index in [2.05, 4.69) is 15.4 Å². The van der Waals surface area contributed by atoms with Gasteiger partial charge >= 0.3 is 0 Å². The van der Waals surface area contributed by atoms with Crippen LogP contribution in [0.1, 0.15) is 5.56 Å². The number of nitrogens with one attached hydrogen (secondary N) is 1. The lowest BCUT2D eigenvalue weighted by Gasteiger charge is -2.14. The number of aromatic nitrogens is 3. The van der Waals surface area contributed by atoms with Crippen molar-refractivity contribution < 1.29 is 5.11 Å². The van der Waals surface area contributed by atoms with Crippen LogP contribution in [0.4, 0.5) is 5.95 Å². The highest BCUT2D eigenvalue weighted by atomic mass is 35.5. The van der Waals surface area contributed by atoms with Gasteiger partial charge in [-0.25, -0.2) is 4.52 Å². The summed E-state index contributed by atoms with van der Waals surface area (Å²) in [6.07, 6.45) is 2.40. The van der Waals surface area contributed by atoms with E-state index >= 15 is 0 Å². The van der Waals surface area contributed by atoms with Crippen molar-refractivity contribution in [2.45, 2.75) is 12.5 Å². The molecule has 2 aromatic heterocycles. The number of aliphatic hydroxyl groups is 1. The second-order valence-electron chi connectivity index (χ2n) is 4.80. The summed E-state index contributed by atoms with van der Waals surface area (Å²) in [5.74, 6) is 0.479. The van der Waals surface area contributed by atoms with Crippen molar-refractivity contribution >= 4 is 23.2 Å². The number of fused-ring (bicyclic) bond motifs is 1. The van der Waals surface area contributed by atoms with Crippen molar-refractivity contribution in [2.24, 2.45) is 0 Å². The Balaban J connectivity index is 1.76. The Bertz CT molecular complexity index is 729.